The first-order valence-electron chi connectivity index (χ1n) is 12.3. The van der Waals surface area contributed by atoms with Gasteiger partial charge in [-0.2, -0.15) is 0 Å². The monoisotopic (exact) mass is 508 g/mol. The van der Waals surface area contributed by atoms with Crippen LogP contribution in [0.2, 0.25) is 0 Å². The number of pyridine rings is 1. The smallest absolute Gasteiger partial charge is 0.224 e. The third-order valence-electron chi connectivity index (χ3n) is 7.94. The summed E-state index contributed by atoms with van der Waals surface area (Å²) in [5.74, 6) is 3.57. The first-order chi connectivity index (χ1) is 15.5. The van der Waals surface area contributed by atoms with Crippen molar-refractivity contribution in [1.82, 2.24) is 10.3 Å². The molecule has 4 fully saturated rings. The van der Waals surface area contributed by atoms with Gasteiger partial charge in [0, 0.05) is 31.4 Å². The lowest BCUT2D eigenvalue weighted by Crippen LogP contribution is -2.47. The molecule has 1 heterocycles. The molecule has 0 unspecified atom stereocenters. The second kappa shape index (κ2) is 11.4. The van der Waals surface area contributed by atoms with Crippen LogP contribution in [0.3, 0.4) is 0 Å². The van der Waals surface area contributed by atoms with Crippen LogP contribution in [0, 0.1) is 30.1 Å². The molecular weight excluding hydrogens is 471 g/mol. The summed E-state index contributed by atoms with van der Waals surface area (Å²) in [4.78, 5) is 18.0. The highest BCUT2D eigenvalue weighted by atomic mass is 35.5. The Balaban J connectivity index is 0.00000162. The molecule has 0 aliphatic heterocycles. The van der Waals surface area contributed by atoms with Crippen LogP contribution in [0.15, 0.2) is 24.3 Å². The summed E-state index contributed by atoms with van der Waals surface area (Å²) in [7, 11) is 0. The largest absolute Gasteiger partial charge is 0.395 e. The average Bonchev–Trinajstić information content (AvgIpc) is 2.74. The van der Waals surface area contributed by atoms with E-state index >= 15 is 0 Å². The molecule has 8 heteroatoms. The van der Waals surface area contributed by atoms with Gasteiger partial charge in [-0.1, -0.05) is 6.07 Å². The predicted octanol–water partition coefficient (Wildman–Crippen LogP) is 4.93. The van der Waals surface area contributed by atoms with E-state index in [1.807, 2.05) is 18.2 Å². The number of anilines is 2. The number of aliphatic hydroxyl groups excluding tert-OH is 1. The van der Waals surface area contributed by atoms with Crippen LogP contribution in [-0.4, -0.2) is 42.2 Å². The Morgan fingerprint density at radius 3 is 2.32 bits per heavy atom. The normalized spacial score (nSPS) is 26.6. The van der Waals surface area contributed by atoms with Crippen molar-refractivity contribution in [2.45, 2.75) is 51.9 Å². The summed E-state index contributed by atoms with van der Waals surface area (Å²) < 4.78 is 0. The molecule has 1 aromatic heterocycles. The van der Waals surface area contributed by atoms with E-state index in [0.29, 0.717) is 13.0 Å². The van der Waals surface area contributed by atoms with Crippen LogP contribution in [-0.2, 0) is 4.79 Å². The number of rotatable bonds is 9. The van der Waals surface area contributed by atoms with Crippen LogP contribution < -0.4 is 16.0 Å². The number of amides is 1. The van der Waals surface area contributed by atoms with E-state index in [0.717, 1.165) is 58.8 Å². The molecule has 0 radical (unpaired) electrons. The van der Waals surface area contributed by atoms with Crippen molar-refractivity contribution in [2.24, 2.45) is 23.2 Å². The van der Waals surface area contributed by atoms with Gasteiger partial charge in [-0.25, -0.2) is 4.98 Å². The minimum absolute atomic E-state index is 0. The van der Waals surface area contributed by atoms with E-state index in [4.69, 9.17) is 10.1 Å². The summed E-state index contributed by atoms with van der Waals surface area (Å²) in [6.45, 7) is 4.29. The lowest BCUT2D eigenvalue weighted by atomic mass is 9.49. The lowest BCUT2D eigenvalue weighted by Gasteiger charge is -2.56. The summed E-state index contributed by atoms with van der Waals surface area (Å²) >= 11 is 0. The molecule has 2 aromatic rings. The van der Waals surface area contributed by atoms with Gasteiger partial charge in [-0.3, -0.25) is 4.79 Å². The van der Waals surface area contributed by atoms with Gasteiger partial charge >= 0.3 is 0 Å². The van der Waals surface area contributed by atoms with Gasteiger partial charge in [-0.05, 0) is 92.4 Å². The highest BCUT2D eigenvalue weighted by Gasteiger charge is 2.51. The number of hydrogen-bond donors (Lipinski definition) is 4. The summed E-state index contributed by atoms with van der Waals surface area (Å²) in [5, 5.41) is 19.6. The molecule has 6 nitrogen and oxygen atoms in total. The molecule has 34 heavy (non-hydrogen) atoms. The molecule has 0 spiro atoms. The van der Waals surface area contributed by atoms with Crippen molar-refractivity contribution in [1.29, 1.82) is 0 Å². The number of hydrogen-bond acceptors (Lipinski definition) is 5. The number of carbonyl (C=O) groups excluding carboxylic acids is 1. The van der Waals surface area contributed by atoms with Crippen molar-refractivity contribution in [2.75, 3.05) is 36.9 Å². The Hall–Kier alpha value is -1.60. The molecule has 6 rings (SSSR count). The number of halogens is 2. The Morgan fingerprint density at radius 2 is 1.68 bits per heavy atom. The maximum Gasteiger partial charge on any atom is 0.224 e. The summed E-state index contributed by atoms with van der Waals surface area (Å²) in [6.07, 6.45) is 8.65. The van der Waals surface area contributed by atoms with Crippen molar-refractivity contribution in [3.05, 3.63) is 29.8 Å². The molecule has 4 aliphatic rings. The Kier molecular flexibility index (Phi) is 9.07. The Morgan fingerprint density at radius 1 is 1.00 bits per heavy atom. The second-order valence-electron chi connectivity index (χ2n) is 10.6. The van der Waals surface area contributed by atoms with Gasteiger partial charge in [0.15, 0.2) is 0 Å². The second-order valence-corrected chi connectivity index (χ2v) is 10.6. The van der Waals surface area contributed by atoms with E-state index in [1.165, 1.54) is 38.5 Å². The topological polar surface area (TPSA) is 86.3 Å². The first-order valence-corrected chi connectivity index (χ1v) is 12.3. The fourth-order valence-electron chi connectivity index (χ4n) is 7.09. The van der Waals surface area contributed by atoms with Crippen molar-refractivity contribution < 1.29 is 9.90 Å². The number of benzene rings is 1. The third kappa shape index (κ3) is 5.78. The fourth-order valence-corrected chi connectivity index (χ4v) is 7.09. The van der Waals surface area contributed by atoms with Gasteiger partial charge in [0.1, 0.15) is 5.82 Å². The number of aliphatic hydroxyl groups is 1. The molecule has 4 bridgehead atoms. The maximum absolute atomic E-state index is 13.2. The van der Waals surface area contributed by atoms with Gasteiger partial charge in [0.25, 0.3) is 0 Å². The highest BCUT2D eigenvalue weighted by molar-refractivity contribution is 6.02. The van der Waals surface area contributed by atoms with Crippen molar-refractivity contribution >= 4 is 53.1 Å². The van der Waals surface area contributed by atoms with Crippen molar-refractivity contribution in [3.8, 4) is 0 Å². The van der Waals surface area contributed by atoms with Crippen LogP contribution in [0.4, 0.5) is 11.5 Å². The van der Waals surface area contributed by atoms with E-state index in [-0.39, 0.29) is 42.7 Å². The molecule has 188 valence electrons. The van der Waals surface area contributed by atoms with Gasteiger partial charge in [0.2, 0.25) is 5.91 Å². The average molecular weight is 510 g/mol. The number of carbonyl (C=O) groups is 1. The molecule has 4 aliphatic carbocycles. The Labute approximate surface area is 214 Å². The first kappa shape index (κ1) is 27.0. The molecule has 1 aromatic carbocycles. The van der Waals surface area contributed by atoms with E-state index in [9.17, 15) is 4.79 Å². The highest BCUT2D eigenvalue weighted by Crippen LogP contribution is 2.61. The van der Waals surface area contributed by atoms with Crippen LogP contribution >= 0.6 is 24.8 Å². The van der Waals surface area contributed by atoms with E-state index in [1.54, 1.807) is 0 Å². The minimum atomic E-state index is 0. The zero-order valence-electron chi connectivity index (χ0n) is 19.9. The van der Waals surface area contributed by atoms with E-state index in [2.05, 4.69) is 28.9 Å². The SMILES string of the molecule is Cc1ccc2nc(NCCNCCO)ccc2c1NC(=O)CC12CC3CC(CC(C3)C1)C2.Cl.Cl. The predicted molar refractivity (Wildman–Crippen MR) is 143 cm³/mol. The number of nitrogens with one attached hydrogen (secondary N) is 3. The van der Waals surface area contributed by atoms with Gasteiger partial charge in [-0.15, -0.1) is 24.8 Å². The maximum atomic E-state index is 13.2. The zero-order chi connectivity index (χ0) is 22.1. The standard InChI is InChI=1S/C26H36N4O2.2ClH/c1-17-2-4-22-21(3-5-23(29-22)28-7-6-27-8-9-31)25(17)30-24(32)16-26-13-18-10-19(14-26)12-20(11-18)15-26;;/h2-5,18-20,27,31H,6-16H2,1H3,(H,28,29)(H,30,32);2*1H. The van der Waals surface area contributed by atoms with Gasteiger partial charge in [0.05, 0.1) is 17.8 Å². The number of fused-ring (bicyclic) bond motifs is 1. The zero-order valence-corrected chi connectivity index (χ0v) is 21.6. The molecule has 0 saturated heterocycles. The van der Waals surface area contributed by atoms with Gasteiger partial charge < -0.3 is 21.1 Å². The number of aromatic nitrogens is 1. The van der Waals surface area contributed by atoms with Crippen molar-refractivity contribution in [3.63, 3.8) is 0 Å². The number of nitrogens with zero attached hydrogens (tertiary/aromatic N) is 1. The quantitative estimate of drug-likeness (QED) is 0.361. The summed E-state index contributed by atoms with van der Waals surface area (Å²) in [6, 6.07) is 8.10. The molecule has 1 amide bonds. The lowest BCUT2D eigenvalue weighted by molar-refractivity contribution is -0.124. The van der Waals surface area contributed by atoms with Crippen LogP contribution in [0.5, 0.6) is 0 Å². The molecular formula is C26H38Cl2N4O2. The third-order valence-corrected chi connectivity index (χ3v) is 7.94. The molecule has 4 N–H and O–H groups in total. The Bertz CT molecular complexity index is 965. The minimum Gasteiger partial charge on any atom is -0.395 e. The number of aryl methyl sites for hydroxylation is 1. The van der Waals surface area contributed by atoms with E-state index < -0.39 is 0 Å². The molecule has 0 atom stereocenters. The molecule has 4 saturated carbocycles. The van der Waals surface area contributed by atoms with Crippen LogP contribution in [0.25, 0.3) is 10.9 Å². The van der Waals surface area contributed by atoms with Crippen LogP contribution in [0.1, 0.15) is 50.5 Å². The summed E-state index contributed by atoms with van der Waals surface area (Å²) in [5.41, 5.74) is 3.11. The fraction of sp³-hybridized carbons (Fsp3) is 0.615.